The molecule has 0 aliphatic carbocycles. The van der Waals surface area contributed by atoms with Gasteiger partial charge in [-0.3, -0.25) is 4.31 Å². The fourth-order valence-corrected chi connectivity index (χ4v) is 2.73. The summed E-state index contributed by atoms with van der Waals surface area (Å²) in [6.45, 7) is 2.81. The molecule has 20 heavy (non-hydrogen) atoms. The lowest BCUT2D eigenvalue weighted by Gasteiger charge is -2.23. The lowest BCUT2D eigenvalue weighted by Crippen LogP contribution is -2.33. The monoisotopic (exact) mass is 298 g/mol. The molecule has 1 fully saturated rings. The van der Waals surface area contributed by atoms with Gasteiger partial charge >= 0.3 is 0 Å². The summed E-state index contributed by atoms with van der Waals surface area (Å²) in [7, 11) is -1.67. The van der Waals surface area contributed by atoms with Gasteiger partial charge in [0, 0.05) is 19.5 Å². The van der Waals surface area contributed by atoms with Crippen LogP contribution >= 0.6 is 0 Å². The Hall–Kier alpha value is -1.27. The van der Waals surface area contributed by atoms with E-state index in [2.05, 4.69) is 5.32 Å². The molecular weight excluding hydrogens is 276 g/mol. The summed E-state index contributed by atoms with van der Waals surface area (Å²) in [5, 5.41) is 3.36. The maximum atomic E-state index is 11.4. The number of hydrogen-bond donors (Lipinski definition) is 1. The van der Waals surface area contributed by atoms with Gasteiger partial charge in [-0.25, -0.2) is 8.42 Å². The Labute approximate surface area is 121 Å². The lowest BCUT2D eigenvalue weighted by atomic mass is 10.0. The Bertz CT molecular complexity index is 522. The second-order valence-electron chi connectivity index (χ2n) is 5.25. The minimum atomic E-state index is -3.21. The van der Waals surface area contributed by atoms with E-state index in [1.54, 1.807) is 19.2 Å². The molecule has 1 saturated heterocycles. The topological polar surface area (TPSA) is 58.6 Å². The Morgan fingerprint density at radius 1 is 1.35 bits per heavy atom. The van der Waals surface area contributed by atoms with Crippen LogP contribution in [0.25, 0.3) is 0 Å². The third kappa shape index (κ3) is 4.11. The minimum Gasteiger partial charge on any atom is -0.493 e. The summed E-state index contributed by atoms with van der Waals surface area (Å²) in [5.41, 5.74) is 0.638. The van der Waals surface area contributed by atoms with Crippen molar-refractivity contribution >= 4 is 15.7 Å². The summed E-state index contributed by atoms with van der Waals surface area (Å²) < 4.78 is 29.9. The molecule has 1 heterocycles. The summed E-state index contributed by atoms with van der Waals surface area (Å²) in [4.78, 5) is 0. The number of hydrogen-bond acceptors (Lipinski definition) is 4. The average Bonchev–Trinajstić information content (AvgIpc) is 2.45. The third-order valence-electron chi connectivity index (χ3n) is 3.58. The van der Waals surface area contributed by atoms with E-state index in [-0.39, 0.29) is 0 Å². The maximum Gasteiger partial charge on any atom is 0.231 e. The van der Waals surface area contributed by atoms with Crippen LogP contribution < -0.4 is 14.4 Å². The largest absolute Gasteiger partial charge is 0.493 e. The summed E-state index contributed by atoms with van der Waals surface area (Å²) >= 11 is 0. The van der Waals surface area contributed by atoms with Crippen LogP contribution in [0.2, 0.25) is 0 Å². The molecule has 112 valence electrons. The molecule has 1 aromatic carbocycles. The molecule has 1 aliphatic heterocycles. The molecule has 1 unspecified atom stereocenters. The number of anilines is 1. The van der Waals surface area contributed by atoms with Gasteiger partial charge in [-0.15, -0.1) is 0 Å². The smallest absolute Gasteiger partial charge is 0.231 e. The Morgan fingerprint density at radius 2 is 2.05 bits per heavy atom. The number of sulfonamides is 1. The molecule has 0 bridgehead atoms. The molecule has 2 rings (SSSR count). The highest BCUT2D eigenvalue weighted by Gasteiger charge is 2.14. The predicted molar refractivity (Wildman–Crippen MR) is 80.8 cm³/mol. The lowest BCUT2D eigenvalue weighted by molar-refractivity contribution is 0.218. The van der Waals surface area contributed by atoms with Crippen LogP contribution in [0.15, 0.2) is 24.3 Å². The molecule has 1 aliphatic rings. The standard InChI is InChI=1S/C14H22N2O3S/c1-16(20(2,17)18)13-5-7-14(8-6-13)19-11-12-4-3-9-15-10-12/h5-8,12,15H,3-4,9-11H2,1-2H3. The highest BCUT2D eigenvalue weighted by atomic mass is 32.2. The zero-order chi connectivity index (χ0) is 14.6. The van der Waals surface area contributed by atoms with Crippen LogP contribution in [0.4, 0.5) is 5.69 Å². The maximum absolute atomic E-state index is 11.4. The normalized spacial score (nSPS) is 19.6. The van der Waals surface area contributed by atoms with Gasteiger partial charge in [0.25, 0.3) is 0 Å². The number of nitrogens with one attached hydrogen (secondary N) is 1. The van der Waals surface area contributed by atoms with Gasteiger partial charge in [0.15, 0.2) is 0 Å². The number of rotatable bonds is 5. The van der Waals surface area contributed by atoms with Crippen LogP contribution in [-0.2, 0) is 10.0 Å². The number of ether oxygens (including phenoxy) is 1. The second-order valence-corrected chi connectivity index (χ2v) is 7.26. The van der Waals surface area contributed by atoms with Crippen LogP contribution in [0, 0.1) is 5.92 Å². The zero-order valence-corrected chi connectivity index (χ0v) is 12.8. The highest BCUT2D eigenvalue weighted by Crippen LogP contribution is 2.21. The zero-order valence-electron chi connectivity index (χ0n) is 12.0. The van der Waals surface area contributed by atoms with E-state index < -0.39 is 10.0 Å². The molecule has 5 nitrogen and oxygen atoms in total. The predicted octanol–water partition coefficient (Wildman–Crippen LogP) is 1.46. The highest BCUT2D eigenvalue weighted by molar-refractivity contribution is 7.92. The van der Waals surface area contributed by atoms with Crippen molar-refractivity contribution < 1.29 is 13.2 Å². The van der Waals surface area contributed by atoms with E-state index in [9.17, 15) is 8.42 Å². The Kier molecular flexibility index (Phi) is 4.88. The van der Waals surface area contributed by atoms with Crippen molar-refractivity contribution in [1.82, 2.24) is 5.32 Å². The van der Waals surface area contributed by atoms with Crippen molar-refractivity contribution in [3.63, 3.8) is 0 Å². The van der Waals surface area contributed by atoms with Gasteiger partial charge in [0.2, 0.25) is 10.0 Å². The third-order valence-corrected chi connectivity index (χ3v) is 4.79. The van der Waals surface area contributed by atoms with E-state index in [0.717, 1.165) is 18.8 Å². The second kappa shape index (κ2) is 6.45. The van der Waals surface area contributed by atoms with Gasteiger partial charge < -0.3 is 10.1 Å². The van der Waals surface area contributed by atoms with Crippen molar-refractivity contribution in [3.8, 4) is 5.75 Å². The van der Waals surface area contributed by atoms with Crippen molar-refractivity contribution in [2.45, 2.75) is 12.8 Å². The molecule has 1 atom stereocenters. The van der Waals surface area contributed by atoms with Crippen LogP contribution in [-0.4, -0.2) is 41.4 Å². The van der Waals surface area contributed by atoms with E-state index in [1.165, 1.54) is 23.4 Å². The van der Waals surface area contributed by atoms with E-state index >= 15 is 0 Å². The summed E-state index contributed by atoms with van der Waals surface area (Å²) in [5.74, 6) is 1.34. The first kappa shape index (κ1) is 15.1. The number of benzene rings is 1. The van der Waals surface area contributed by atoms with Crippen molar-refractivity contribution in [2.24, 2.45) is 5.92 Å². The fraction of sp³-hybridized carbons (Fsp3) is 0.571. The fourth-order valence-electron chi connectivity index (χ4n) is 2.22. The van der Waals surface area contributed by atoms with Gasteiger partial charge in [-0.05, 0) is 43.7 Å². The summed E-state index contributed by atoms with van der Waals surface area (Å²) in [6, 6.07) is 7.14. The van der Waals surface area contributed by atoms with Gasteiger partial charge in [0.05, 0.1) is 18.6 Å². The van der Waals surface area contributed by atoms with Crippen molar-refractivity contribution in [1.29, 1.82) is 0 Å². The minimum absolute atomic E-state index is 0.558. The van der Waals surface area contributed by atoms with E-state index in [1.807, 2.05) is 12.1 Å². The van der Waals surface area contributed by atoms with E-state index in [4.69, 9.17) is 4.74 Å². The quantitative estimate of drug-likeness (QED) is 0.894. The van der Waals surface area contributed by atoms with E-state index in [0.29, 0.717) is 18.2 Å². The summed E-state index contributed by atoms with van der Waals surface area (Å²) in [6.07, 6.45) is 3.58. The SMILES string of the molecule is CN(c1ccc(OCC2CCCNC2)cc1)S(C)(=O)=O. The Morgan fingerprint density at radius 3 is 2.60 bits per heavy atom. The molecule has 1 N–H and O–H groups in total. The van der Waals surface area contributed by atoms with Crippen LogP contribution in [0.5, 0.6) is 5.75 Å². The molecule has 0 amide bonds. The molecule has 0 saturated carbocycles. The van der Waals surface area contributed by atoms with Gasteiger partial charge in [-0.1, -0.05) is 0 Å². The molecule has 6 heteroatoms. The van der Waals surface area contributed by atoms with Gasteiger partial charge in [0.1, 0.15) is 5.75 Å². The molecule has 1 aromatic rings. The molecule has 0 aromatic heterocycles. The van der Waals surface area contributed by atoms with Crippen LogP contribution in [0.3, 0.4) is 0 Å². The molecular formula is C14H22N2O3S. The molecule has 0 spiro atoms. The number of piperidine rings is 1. The molecule has 0 radical (unpaired) electrons. The van der Waals surface area contributed by atoms with Crippen molar-refractivity contribution in [3.05, 3.63) is 24.3 Å². The Balaban J connectivity index is 1.91. The first-order chi connectivity index (χ1) is 9.47. The van der Waals surface area contributed by atoms with Crippen LogP contribution in [0.1, 0.15) is 12.8 Å². The first-order valence-electron chi connectivity index (χ1n) is 6.84. The van der Waals surface area contributed by atoms with Crippen molar-refractivity contribution in [2.75, 3.05) is 37.3 Å². The number of nitrogens with zero attached hydrogens (tertiary/aromatic N) is 1. The first-order valence-corrected chi connectivity index (χ1v) is 8.69. The van der Waals surface area contributed by atoms with Gasteiger partial charge in [-0.2, -0.15) is 0 Å². The average molecular weight is 298 g/mol.